The molecule has 8 nitrogen and oxygen atoms in total. The normalized spacial score (nSPS) is 30.5. The van der Waals surface area contributed by atoms with Crippen molar-refractivity contribution in [2.45, 2.75) is 37.6 Å². The fourth-order valence-corrected chi connectivity index (χ4v) is 2.09. The van der Waals surface area contributed by atoms with Crippen molar-refractivity contribution in [3.05, 3.63) is 30.3 Å². The van der Waals surface area contributed by atoms with Gasteiger partial charge in [-0.05, 0) is 19.1 Å². The van der Waals surface area contributed by atoms with E-state index in [4.69, 9.17) is 14.2 Å². The Morgan fingerprint density at radius 1 is 1.09 bits per heavy atom. The highest BCUT2D eigenvalue weighted by Gasteiger charge is 2.45. The van der Waals surface area contributed by atoms with Gasteiger partial charge >= 0.3 is 6.16 Å². The van der Waals surface area contributed by atoms with E-state index in [2.05, 4.69) is 4.74 Å². The Kier molecular flexibility index (Phi) is 6.17. The van der Waals surface area contributed by atoms with Crippen LogP contribution in [-0.2, 0) is 14.2 Å². The Hall–Kier alpha value is -1.87. The summed E-state index contributed by atoms with van der Waals surface area (Å²) in [5.74, 6) is 0.421. The van der Waals surface area contributed by atoms with E-state index in [0.29, 0.717) is 5.75 Å². The molecule has 2 rings (SSSR count). The summed E-state index contributed by atoms with van der Waals surface area (Å²) in [7, 11) is 0. The van der Waals surface area contributed by atoms with Gasteiger partial charge in [-0.2, -0.15) is 0 Å². The Labute approximate surface area is 133 Å². The number of aliphatic hydroxyl groups excluding tert-OH is 3. The Bertz CT molecular complexity index is 494. The van der Waals surface area contributed by atoms with Crippen LogP contribution in [0.1, 0.15) is 6.92 Å². The number of hydrogen-bond acceptors (Lipinski definition) is 8. The van der Waals surface area contributed by atoms with Gasteiger partial charge in [-0.1, -0.05) is 18.2 Å². The second-order valence-corrected chi connectivity index (χ2v) is 4.94. The van der Waals surface area contributed by atoms with Gasteiger partial charge in [-0.3, -0.25) is 0 Å². The number of hydrogen-bond donors (Lipinski definition) is 3. The van der Waals surface area contributed by atoms with Crippen molar-refractivity contribution in [2.24, 2.45) is 0 Å². The number of benzene rings is 1. The maximum atomic E-state index is 11.2. The van der Waals surface area contributed by atoms with Gasteiger partial charge in [-0.25, -0.2) is 4.79 Å². The van der Waals surface area contributed by atoms with E-state index in [0.717, 1.165) is 0 Å². The van der Waals surface area contributed by atoms with Crippen molar-refractivity contribution in [1.29, 1.82) is 0 Å². The van der Waals surface area contributed by atoms with Crippen LogP contribution in [0.2, 0.25) is 0 Å². The molecule has 0 aromatic heterocycles. The zero-order valence-corrected chi connectivity index (χ0v) is 12.6. The second-order valence-electron chi connectivity index (χ2n) is 4.94. The number of rotatable bonds is 5. The van der Waals surface area contributed by atoms with Crippen LogP contribution in [-0.4, -0.2) is 65.4 Å². The highest BCUT2D eigenvalue weighted by molar-refractivity contribution is 5.59. The van der Waals surface area contributed by atoms with Gasteiger partial charge in [0, 0.05) is 0 Å². The fraction of sp³-hybridized carbons (Fsp3) is 0.533. The first-order valence-electron chi connectivity index (χ1n) is 7.23. The number of carbonyl (C=O) groups is 1. The molecule has 1 aliphatic heterocycles. The van der Waals surface area contributed by atoms with Crippen molar-refractivity contribution >= 4 is 6.16 Å². The number of ether oxygens (including phenoxy) is 4. The minimum absolute atomic E-state index is 0.147. The molecule has 0 radical (unpaired) electrons. The minimum atomic E-state index is -1.51. The van der Waals surface area contributed by atoms with Gasteiger partial charge in [-0.15, -0.1) is 0 Å². The highest BCUT2D eigenvalue weighted by atomic mass is 16.7. The topological polar surface area (TPSA) is 115 Å². The predicted octanol–water partition coefficient (Wildman–Crippen LogP) is 0.0461. The predicted molar refractivity (Wildman–Crippen MR) is 76.7 cm³/mol. The molecule has 1 aliphatic rings. The van der Waals surface area contributed by atoms with Crippen LogP contribution in [0.5, 0.6) is 5.75 Å². The maximum Gasteiger partial charge on any atom is 0.508 e. The van der Waals surface area contributed by atoms with E-state index in [1.165, 1.54) is 0 Å². The van der Waals surface area contributed by atoms with Gasteiger partial charge in [0.25, 0.3) is 0 Å². The lowest BCUT2D eigenvalue weighted by Crippen LogP contribution is -2.60. The van der Waals surface area contributed by atoms with E-state index in [1.54, 1.807) is 37.3 Å². The molecule has 1 fully saturated rings. The molecule has 0 unspecified atom stereocenters. The van der Waals surface area contributed by atoms with Crippen LogP contribution in [0.3, 0.4) is 0 Å². The first kappa shape index (κ1) is 17.5. The molecule has 1 aromatic carbocycles. The van der Waals surface area contributed by atoms with Crippen molar-refractivity contribution < 1.29 is 39.1 Å². The smallest absolute Gasteiger partial charge is 0.462 e. The van der Waals surface area contributed by atoms with Crippen LogP contribution >= 0.6 is 0 Å². The highest BCUT2D eigenvalue weighted by Crippen LogP contribution is 2.24. The second kappa shape index (κ2) is 8.11. The first-order chi connectivity index (χ1) is 11.0. The summed E-state index contributed by atoms with van der Waals surface area (Å²) in [5, 5.41) is 29.8. The molecule has 0 bridgehead atoms. The molecule has 1 aromatic rings. The molecule has 1 saturated heterocycles. The van der Waals surface area contributed by atoms with Crippen molar-refractivity contribution in [3.8, 4) is 5.75 Å². The van der Waals surface area contributed by atoms with Crippen LogP contribution in [0.25, 0.3) is 0 Å². The lowest BCUT2D eigenvalue weighted by molar-refractivity contribution is -0.277. The van der Waals surface area contributed by atoms with Gasteiger partial charge in [0.2, 0.25) is 6.29 Å². The summed E-state index contributed by atoms with van der Waals surface area (Å²) >= 11 is 0. The molecule has 0 amide bonds. The third-order valence-corrected chi connectivity index (χ3v) is 3.29. The van der Waals surface area contributed by atoms with E-state index >= 15 is 0 Å². The van der Waals surface area contributed by atoms with Gasteiger partial charge < -0.3 is 34.3 Å². The molecular formula is C15H20O8. The molecule has 1 heterocycles. The molecule has 8 heteroatoms. The molecular weight excluding hydrogens is 308 g/mol. The average Bonchev–Trinajstić information content (AvgIpc) is 2.55. The largest absolute Gasteiger partial charge is 0.508 e. The Morgan fingerprint density at radius 2 is 1.78 bits per heavy atom. The first-order valence-corrected chi connectivity index (χ1v) is 7.23. The zero-order valence-electron chi connectivity index (χ0n) is 12.6. The zero-order chi connectivity index (χ0) is 16.8. The molecule has 0 saturated carbocycles. The lowest BCUT2D eigenvalue weighted by atomic mass is 9.99. The van der Waals surface area contributed by atoms with E-state index in [9.17, 15) is 20.1 Å². The van der Waals surface area contributed by atoms with Crippen LogP contribution in [0, 0.1) is 0 Å². The SMILES string of the molecule is CCOC(=O)OC[C@H]1O[C@@H](Oc2ccccc2)[C@H](O)[C@@H](O)[C@H]1O. The molecule has 0 spiro atoms. The van der Waals surface area contributed by atoms with E-state index in [1.807, 2.05) is 0 Å². The standard InChI is InChI=1S/C15H20O8/c1-2-20-15(19)21-8-10-11(16)12(17)13(18)14(23-10)22-9-6-4-3-5-7-9/h3-7,10-14,16-18H,2,8H2,1H3/t10-,11+,12+,13-,14-/m1/s1. The molecule has 5 atom stereocenters. The molecule has 23 heavy (non-hydrogen) atoms. The van der Waals surface area contributed by atoms with Crippen LogP contribution < -0.4 is 4.74 Å². The summed E-state index contributed by atoms with van der Waals surface area (Å²) in [6.07, 6.45) is -7.59. The Balaban J connectivity index is 1.98. The summed E-state index contributed by atoms with van der Waals surface area (Å²) in [6.45, 7) is 1.42. The summed E-state index contributed by atoms with van der Waals surface area (Å²) in [4.78, 5) is 11.2. The maximum absolute atomic E-state index is 11.2. The summed E-state index contributed by atoms with van der Waals surface area (Å²) < 4.78 is 20.2. The quantitative estimate of drug-likeness (QED) is 0.649. The van der Waals surface area contributed by atoms with Crippen LogP contribution in [0.15, 0.2) is 30.3 Å². The van der Waals surface area contributed by atoms with Crippen molar-refractivity contribution in [2.75, 3.05) is 13.2 Å². The van der Waals surface area contributed by atoms with Crippen LogP contribution in [0.4, 0.5) is 4.79 Å². The summed E-state index contributed by atoms with van der Waals surface area (Å²) in [5.41, 5.74) is 0. The average molecular weight is 328 g/mol. The molecule has 3 N–H and O–H groups in total. The molecule has 128 valence electrons. The number of para-hydroxylation sites is 1. The fourth-order valence-electron chi connectivity index (χ4n) is 2.09. The van der Waals surface area contributed by atoms with Gasteiger partial charge in [0.1, 0.15) is 36.8 Å². The van der Waals surface area contributed by atoms with E-state index in [-0.39, 0.29) is 13.2 Å². The van der Waals surface area contributed by atoms with Gasteiger partial charge in [0.15, 0.2) is 0 Å². The monoisotopic (exact) mass is 328 g/mol. The van der Waals surface area contributed by atoms with E-state index < -0.39 is 36.9 Å². The molecule has 0 aliphatic carbocycles. The lowest BCUT2D eigenvalue weighted by Gasteiger charge is -2.39. The van der Waals surface area contributed by atoms with Crippen molar-refractivity contribution in [1.82, 2.24) is 0 Å². The summed E-state index contributed by atoms with van der Waals surface area (Å²) in [6, 6.07) is 8.56. The van der Waals surface area contributed by atoms with Gasteiger partial charge in [0.05, 0.1) is 6.61 Å². The number of carbonyl (C=O) groups excluding carboxylic acids is 1. The van der Waals surface area contributed by atoms with Crippen molar-refractivity contribution in [3.63, 3.8) is 0 Å². The third kappa shape index (κ3) is 4.55. The third-order valence-electron chi connectivity index (χ3n) is 3.29. The number of aliphatic hydroxyl groups is 3. The Morgan fingerprint density at radius 3 is 2.43 bits per heavy atom. The minimum Gasteiger partial charge on any atom is -0.462 e.